The first-order valence-electron chi connectivity index (χ1n) is 7.08. The number of amides is 1. The van der Waals surface area contributed by atoms with E-state index in [-0.39, 0.29) is 35.4 Å². The third-order valence-electron chi connectivity index (χ3n) is 2.77. The van der Waals surface area contributed by atoms with Crippen LogP contribution in [0.25, 0.3) is 0 Å². The van der Waals surface area contributed by atoms with Gasteiger partial charge >= 0.3 is 0 Å². The third-order valence-corrected chi connectivity index (χ3v) is 2.77. The van der Waals surface area contributed by atoms with Gasteiger partial charge in [-0.3, -0.25) is 9.79 Å². The summed E-state index contributed by atoms with van der Waals surface area (Å²) in [6.45, 7) is 6.69. The van der Waals surface area contributed by atoms with Crippen LogP contribution in [0, 0.1) is 0 Å². The smallest absolute Gasteiger partial charge is 0.253 e. The average molecular weight is 418 g/mol. The Kier molecular flexibility index (Phi) is 8.44. The number of carbonyl (C=O) groups excluding carboxylic acids is 1. The van der Waals surface area contributed by atoms with E-state index in [2.05, 4.69) is 10.3 Å². The molecule has 0 aromatic heterocycles. The second kappa shape index (κ2) is 8.97. The summed E-state index contributed by atoms with van der Waals surface area (Å²) in [5.74, 6) is 0.456. The highest BCUT2D eigenvalue weighted by Crippen LogP contribution is 2.08. The number of nitrogens with one attached hydrogen (secondary N) is 1. The molecule has 3 N–H and O–H groups in total. The van der Waals surface area contributed by atoms with Gasteiger partial charge in [-0.2, -0.15) is 0 Å². The first-order valence-corrected chi connectivity index (χ1v) is 7.08. The molecule has 0 aliphatic rings. The van der Waals surface area contributed by atoms with Gasteiger partial charge in [-0.05, 0) is 44.9 Å². The van der Waals surface area contributed by atoms with Gasteiger partial charge in [-0.15, -0.1) is 24.0 Å². The Labute approximate surface area is 150 Å². The molecular formula is C16H27IN4O. The van der Waals surface area contributed by atoms with Crippen molar-refractivity contribution < 1.29 is 4.79 Å². The molecule has 6 heteroatoms. The normalized spacial score (nSPS) is 11.6. The summed E-state index contributed by atoms with van der Waals surface area (Å²) < 4.78 is 0. The van der Waals surface area contributed by atoms with Crippen LogP contribution in [0.5, 0.6) is 0 Å². The van der Waals surface area contributed by atoms with Crippen molar-refractivity contribution in [2.75, 3.05) is 20.6 Å². The number of rotatable bonds is 4. The molecular weight excluding hydrogens is 391 g/mol. The molecule has 1 rings (SSSR count). The lowest BCUT2D eigenvalue weighted by Crippen LogP contribution is -2.45. The van der Waals surface area contributed by atoms with Crippen LogP contribution < -0.4 is 11.1 Å². The van der Waals surface area contributed by atoms with Crippen molar-refractivity contribution in [2.24, 2.45) is 10.7 Å². The lowest BCUT2D eigenvalue weighted by molar-refractivity contribution is 0.0827. The fourth-order valence-corrected chi connectivity index (χ4v) is 1.85. The van der Waals surface area contributed by atoms with Gasteiger partial charge in [0.25, 0.3) is 5.91 Å². The fraction of sp³-hybridized carbons (Fsp3) is 0.500. The molecule has 0 bridgehead atoms. The van der Waals surface area contributed by atoms with E-state index in [0.717, 1.165) is 12.0 Å². The molecule has 0 spiro atoms. The number of nitrogens with zero attached hydrogens (tertiary/aromatic N) is 2. The van der Waals surface area contributed by atoms with Gasteiger partial charge in [0.15, 0.2) is 5.96 Å². The van der Waals surface area contributed by atoms with Gasteiger partial charge in [-0.1, -0.05) is 12.1 Å². The summed E-state index contributed by atoms with van der Waals surface area (Å²) >= 11 is 0. The Hall–Kier alpha value is -1.31. The maximum Gasteiger partial charge on any atom is 0.253 e. The van der Waals surface area contributed by atoms with E-state index >= 15 is 0 Å². The highest BCUT2D eigenvalue weighted by molar-refractivity contribution is 14.0. The fourth-order valence-electron chi connectivity index (χ4n) is 1.85. The van der Waals surface area contributed by atoms with Crippen LogP contribution in [0.1, 0.15) is 36.7 Å². The number of guanidine groups is 1. The van der Waals surface area contributed by atoms with Crippen molar-refractivity contribution in [1.82, 2.24) is 10.2 Å². The van der Waals surface area contributed by atoms with Crippen LogP contribution in [0.3, 0.4) is 0 Å². The highest BCUT2D eigenvalue weighted by Gasteiger charge is 2.10. The highest BCUT2D eigenvalue weighted by atomic mass is 127. The number of hydrogen-bond donors (Lipinski definition) is 2. The first-order chi connectivity index (χ1) is 9.69. The van der Waals surface area contributed by atoms with E-state index < -0.39 is 0 Å². The zero-order chi connectivity index (χ0) is 16.0. The van der Waals surface area contributed by atoms with E-state index in [1.807, 2.05) is 45.0 Å². The van der Waals surface area contributed by atoms with Gasteiger partial charge in [-0.25, -0.2) is 0 Å². The zero-order valence-electron chi connectivity index (χ0n) is 14.0. The van der Waals surface area contributed by atoms with Gasteiger partial charge in [0, 0.05) is 31.7 Å². The largest absolute Gasteiger partial charge is 0.370 e. The predicted molar refractivity (Wildman–Crippen MR) is 103 cm³/mol. The van der Waals surface area contributed by atoms with Crippen LogP contribution in [0.4, 0.5) is 0 Å². The molecule has 1 amide bonds. The summed E-state index contributed by atoms with van der Waals surface area (Å²) in [4.78, 5) is 17.8. The molecule has 0 heterocycles. The van der Waals surface area contributed by atoms with Crippen LogP contribution in [-0.2, 0) is 6.42 Å². The van der Waals surface area contributed by atoms with Crippen molar-refractivity contribution in [3.8, 4) is 0 Å². The molecule has 22 heavy (non-hydrogen) atoms. The van der Waals surface area contributed by atoms with Crippen molar-refractivity contribution >= 4 is 35.8 Å². The van der Waals surface area contributed by atoms with Crippen LogP contribution in [0.15, 0.2) is 29.3 Å². The molecule has 0 aliphatic heterocycles. The molecule has 1 aromatic rings. The summed E-state index contributed by atoms with van der Waals surface area (Å²) in [5.41, 5.74) is 7.50. The molecule has 0 saturated heterocycles. The van der Waals surface area contributed by atoms with Crippen LogP contribution in [0.2, 0.25) is 0 Å². The standard InChI is InChI=1S/C16H26N4O.HI/c1-16(2,3)19-15(17)18-10-9-12-7-6-8-13(11-12)14(21)20(4)5;/h6-8,11H,9-10H2,1-5H3,(H3,17,18,19);1H. The van der Waals surface area contributed by atoms with Gasteiger partial charge in [0.05, 0.1) is 0 Å². The average Bonchev–Trinajstić information content (AvgIpc) is 2.36. The topological polar surface area (TPSA) is 70.7 Å². The van der Waals surface area contributed by atoms with E-state index in [0.29, 0.717) is 18.1 Å². The van der Waals surface area contributed by atoms with Crippen molar-refractivity contribution in [1.29, 1.82) is 0 Å². The number of aliphatic imine (C=N–C) groups is 1. The second-order valence-corrected chi connectivity index (χ2v) is 6.29. The summed E-state index contributed by atoms with van der Waals surface area (Å²) in [5, 5.41) is 3.12. The Morgan fingerprint density at radius 3 is 2.50 bits per heavy atom. The quantitative estimate of drug-likeness (QED) is 0.448. The van der Waals surface area contributed by atoms with E-state index in [9.17, 15) is 4.79 Å². The molecule has 0 unspecified atom stereocenters. The molecule has 0 saturated carbocycles. The molecule has 124 valence electrons. The zero-order valence-corrected chi connectivity index (χ0v) is 16.3. The molecule has 5 nitrogen and oxygen atoms in total. The Balaban J connectivity index is 0.00000441. The summed E-state index contributed by atoms with van der Waals surface area (Å²) in [7, 11) is 3.50. The first kappa shape index (κ1) is 20.7. The van der Waals surface area contributed by atoms with Gasteiger partial charge in [0.1, 0.15) is 0 Å². The summed E-state index contributed by atoms with van der Waals surface area (Å²) in [6, 6.07) is 7.62. The number of carbonyl (C=O) groups is 1. The van der Waals surface area contributed by atoms with Crippen molar-refractivity contribution in [2.45, 2.75) is 32.7 Å². The van der Waals surface area contributed by atoms with Crippen molar-refractivity contribution in [3.05, 3.63) is 35.4 Å². The van der Waals surface area contributed by atoms with Crippen molar-refractivity contribution in [3.63, 3.8) is 0 Å². The second-order valence-electron chi connectivity index (χ2n) is 6.29. The number of benzene rings is 1. The Morgan fingerprint density at radius 1 is 1.32 bits per heavy atom. The molecule has 0 aliphatic carbocycles. The lowest BCUT2D eigenvalue weighted by Gasteiger charge is -2.20. The third kappa shape index (κ3) is 7.63. The number of halogens is 1. The molecule has 0 radical (unpaired) electrons. The maximum absolute atomic E-state index is 11.9. The number of nitrogens with two attached hydrogens (primary N) is 1. The van der Waals surface area contributed by atoms with E-state index in [1.165, 1.54) is 0 Å². The van der Waals surface area contributed by atoms with Gasteiger partial charge < -0.3 is 16.0 Å². The molecule has 0 atom stereocenters. The minimum absolute atomic E-state index is 0. The minimum Gasteiger partial charge on any atom is -0.370 e. The van der Waals surface area contributed by atoms with E-state index in [1.54, 1.807) is 19.0 Å². The lowest BCUT2D eigenvalue weighted by atomic mass is 10.1. The molecule has 1 aromatic carbocycles. The maximum atomic E-state index is 11.9. The predicted octanol–water partition coefficient (Wildman–Crippen LogP) is 2.25. The monoisotopic (exact) mass is 418 g/mol. The van der Waals surface area contributed by atoms with E-state index in [4.69, 9.17) is 5.73 Å². The summed E-state index contributed by atoms with van der Waals surface area (Å²) in [6.07, 6.45) is 0.751. The Bertz CT molecular complexity index is 521. The number of hydrogen-bond acceptors (Lipinski definition) is 2. The minimum atomic E-state index is -0.0916. The van der Waals surface area contributed by atoms with Crippen LogP contribution >= 0.6 is 24.0 Å². The SMILES string of the molecule is CN(C)C(=O)c1cccc(CCN=C(N)NC(C)(C)C)c1.I. The molecule has 0 fully saturated rings. The van der Waals surface area contributed by atoms with Crippen LogP contribution in [-0.4, -0.2) is 42.9 Å². The van der Waals surface area contributed by atoms with Gasteiger partial charge in [0.2, 0.25) is 0 Å². The Morgan fingerprint density at radius 2 is 1.95 bits per heavy atom.